The third kappa shape index (κ3) is 3.33. The summed E-state index contributed by atoms with van der Waals surface area (Å²) >= 11 is 1.14. The van der Waals surface area contributed by atoms with Gasteiger partial charge < -0.3 is 10.2 Å². The summed E-state index contributed by atoms with van der Waals surface area (Å²) in [5.41, 5.74) is 1.38. The third-order valence-corrected chi connectivity index (χ3v) is 3.31. The summed E-state index contributed by atoms with van der Waals surface area (Å²) in [5, 5.41) is 22.7. The number of rotatable bonds is 4. The molecule has 1 aromatic carbocycles. The molecule has 6 nitrogen and oxygen atoms in total. The average Bonchev–Trinajstić information content (AvgIpc) is 2.78. The van der Waals surface area contributed by atoms with E-state index in [1.165, 1.54) is 6.07 Å². The number of aromatic hydroxyl groups is 1. The number of phenolic OH excluding ortho intramolecular Hbond substituents is 1. The number of hydrogen-bond acceptors (Lipinski definition) is 5. The number of nitrogens with one attached hydrogen (secondary N) is 1. The van der Waals surface area contributed by atoms with Crippen LogP contribution in [0.4, 0.5) is 5.13 Å². The van der Waals surface area contributed by atoms with E-state index in [4.69, 9.17) is 5.11 Å². The van der Waals surface area contributed by atoms with Crippen LogP contribution in [0.1, 0.15) is 21.6 Å². The number of hydrogen-bond donors (Lipinski definition) is 3. The molecule has 0 fully saturated rings. The molecule has 2 rings (SSSR count). The lowest BCUT2D eigenvalue weighted by Gasteiger charge is -2.05. The molecule has 0 bridgehead atoms. The van der Waals surface area contributed by atoms with Gasteiger partial charge in [-0.3, -0.25) is 14.9 Å². The molecule has 0 radical (unpaired) electrons. The quantitative estimate of drug-likeness (QED) is 0.800. The first kappa shape index (κ1) is 14.0. The second-order valence-corrected chi connectivity index (χ2v) is 5.05. The third-order valence-electron chi connectivity index (χ3n) is 2.50. The van der Waals surface area contributed by atoms with Gasteiger partial charge >= 0.3 is 5.97 Å². The van der Waals surface area contributed by atoms with Gasteiger partial charge in [-0.2, -0.15) is 0 Å². The highest BCUT2D eigenvalue weighted by molar-refractivity contribution is 7.14. The van der Waals surface area contributed by atoms with E-state index in [0.29, 0.717) is 10.8 Å². The van der Waals surface area contributed by atoms with Crippen LogP contribution < -0.4 is 5.32 Å². The number of benzene rings is 1. The number of carbonyl (C=O) groups is 2. The van der Waals surface area contributed by atoms with Crippen molar-refractivity contribution in [1.29, 1.82) is 0 Å². The van der Waals surface area contributed by atoms with Crippen molar-refractivity contribution in [3.8, 4) is 5.75 Å². The molecule has 3 N–H and O–H groups in total. The Morgan fingerprint density at radius 1 is 1.40 bits per heavy atom. The first-order chi connectivity index (χ1) is 9.45. The molecule has 0 saturated carbocycles. The minimum absolute atomic E-state index is 0.115. The number of carboxylic acids is 1. The van der Waals surface area contributed by atoms with Crippen LogP contribution in [0.2, 0.25) is 0 Å². The molecule has 0 atom stereocenters. The Balaban J connectivity index is 2.13. The van der Waals surface area contributed by atoms with E-state index >= 15 is 0 Å². The van der Waals surface area contributed by atoms with Crippen molar-refractivity contribution in [2.45, 2.75) is 13.3 Å². The van der Waals surface area contributed by atoms with Gasteiger partial charge in [-0.05, 0) is 19.1 Å². The maximum Gasteiger partial charge on any atom is 0.309 e. The van der Waals surface area contributed by atoms with Crippen molar-refractivity contribution in [2.24, 2.45) is 0 Å². The smallest absolute Gasteiger partial charge is 0.309 e. The number of aromatic nitrogens is 1. The molecule has 104 valence electrons. The lowest BCUT2D eigenvalue weighted by molar-refractivity contribution is -0.136. The normalized spacial score (nSPS) is 10.2. The van der Waals surface area contributed by atoms with Gasteiger partial charge in [0.2, 0.25) is 0 Å². The molecule has 2 aromatic rings. The van der Waals surface area contributed by atoms with E-state index in [1.807, 2.05) is 6.92 Å². The summed E-state index contributed by atoms with van der Waals surface area (Å²) in [4.78, 5) is 26.5. The number of thiazole rings is 1. The monoisotopic (exact) mass is 292 g/mol. The van der Waals surface area contributed by atoms with Crippen LogP contribution in [0, 0.1) is 6.92 Å². The average molecular weight is 292 g/mol. The molecule has 0 aliphatic heterocycles. The Hall–Kier alpha value is -2.41. The zero-order valence-corrected chi connectivity index (χ0v) is 11.4. The molecular weight excluding hydrogens is 280 g/mol. The van der Waals surface area contributed by atoms with Crippen LogP contribution in [0.3, 0.4) is 0 Å². The van der Waals surface area contributed by atoms with Crippen molar-refractivity contribution in [2.75, 3.05) is 5.32 Å². The maximum atomic E-state index is 12.0. The molecule has 1 aromatic heterocycles. The highest BCUT2D eigenvalue weighted by atomic mass is 32.1. The van der Waals surface area contributed by atoms with E-state index in [2.05, 4.69) is 10.3 Å². The lowest BCUT2D eigenvalue weighted by atomic mass is 10.1. The fraction of sp³-hybridized carbons (Fsp3) is 0.154. The van der Waals surface area contributed by atoms with E-state index in [0.717, 1.165) is 16.9 Å². The molecule has 0 unspecified atom stereocenters. The molecule has 20 heavy (non-hydrogen) atoms. The number of amides is 1. The molecule has 0 saturated heterocycles. The predicted molar refractivity (Wildman–Crippen MR) is 74.3 cm³/mol. The first-order valence-corrected chi connectivity index (χ1v) is 6.61. The summed E-state index contributed by atoms with van der Waals surface area (Å²) < 4.78 is 0. The lowest BCUT2D eigenvalue weighted by Crippen LogP contribution is -2.12. The fourth-order valence-corrected chi connectivity index (χ4v) is 2.30. The molecule has 0 aliphatic rings. The number of carbonyl (C=O) groups excluding carboxylic acids is 1. The highest BCUT2D eigenvalue weighted by Gasteiger charge is 2.14. The molecule has 1 heterocycles. The van der Waals surface area contributed by atoms with Crippen molar-refractivity contribution < 1.29 is 19.8 Å². The van der Waals surface area contributed by atoms with Gasteiger partial charge in [-0.15, -0.1) is 11.3 Å². The molecule has 0 spiro atoms. The predicted octanol–water partition coefficient (Wildman–Crippen LogP) is 2.04. The van der Waals surface area contributed by atoms with E-state index in [-0.39, 0.29) is 17.7 Å². The largest absolute Gasteiger partial charge is 0.507 e. The SMILES string of the molecule is Cc1ccc(O)c(C(=O)Nc2nc(CC(=O)O)cs2)c1. The van der Waals surface area contributed by atoms with Crippen LogP contribution in [-0.4, -0.2) is 27.1 Å². The van der Waals surface area contributed by atoms with Gasteiger partial charge in [0, 0.05) is 5.38 Å². The van der Waals surface area contributed by atoms with Crippen LogP contribution in [-0.2, 0) is 11.2 Å². The van der Waals surface area contributed by atoms with Crippen LogP contribution >= 0.6 is 11.3 Å². The van der Waals surface area contributed by atoms with E-state index < -0.39 is 11.9 Å². The number of anilines is 1. The zero-order chi connectivity index (χ0) is 14.7. The summed E-state index contributed by atoms with van der Waals surface area (Å²) in [6, 6.07) is 4.71. The standard InChI is InChI=1S/C13H12N2O4S/c1-7-2-3-10(16)9(4-7)12(19)15-13-14-8(6-20-13)5-11(17)18/h2-4,6,16H,5H2,1H3,(H,17,18)(H,14,15,19). The summed E-state index contributed by atoms with van der Waals surface area (Å²) in [6.07, 6.45) is -0.192. The van der Waals surface area contributed by atoms with Crippen molar-refractivity contribution >= 4 is 28.3 Å². The number of carboxylic acid groups (broad SMARTS) is 1. The Morgan fingerprint density at radius 3 is 2.85 bits per heavy atom. The van der Waals surface area contributed by atoms with Crippen molar-refractivity contribution in [3.63, 3.8) is 0 Å². The fourth-order valence-electron chi connectivity index (χ4n) is 1.60. The topological polar surface area (TPSA) is 99.5 Å². The van der Waals surface area contributed by atoms with E-state index in [9.17, 15) is 14.7 Å². The molecule has 7 heteroatoms. The number of aliphatic carboxylic acids is 1. The van der Waals surface area contributed by atoms with Crippen LogP contribution in [0.15, 0.2) is 23.6 Å². The number of aryl methyl sites for hydroxylation is 1. The summed E-state index contributed by atoms with van der Waals surface area (Å²) in [6.45, 7) is 1.81. The van der Waals surface area contributed by atoms with Gasteiger partial charge in [0.15, 0.2) is 5.13 Å². The van der Waals surface area contributed by atoms with Gasteiger partial charge in [0.05, 0.1) is 17.7 Å². The second kappa shape index (κ2) is 5.70. The van der Waals surface area contributed by atoms with Gasteiger partial charge in [-0.1, -0.05) is 11.6 Å². The molecular formula is C13H12N2O4S. The Bertz CT molecular complexity index is 666. The summed E-state index contributed by atoms with van der Waals surface area (Å²) in [5.74, 6) is -1.58. The second-order valence-electron chi connectivity index (χ2n) is 4.19. The van der Waals surface area contributed by atoms with Crippen LogP contribution in [0.25, 0.3) is 0 Å². The highest BCUT2D eigenvalue weighted by Crippen LogP contribution is 2.21. The van der Waals surface area contributed by atoms with Gasteiger partial charge in [-0.25, -0.2) is 4.98 Å². The summed E-state index contributed by atoms with van der Waals surface area (Å²) in [7, 11) is 0. The Labute approximate surface area is 118 Å². The van der Waals surface area contributed by atoms with Crippen molar-refractivity contribution in [3.05, 3.63) is 40.4 Å². The number of nitrogens with zero attached hydrogens (tertiary/aromatic N) is 1. The van der Waals surface area contributed by atoms with Gasteiger partial charge in [0.25, 0.3) is 5.91 Å². The number of phenols is 1. The molecule has 0 aliphatic carbocycles. The Morgan fingerprint density at radius 2 is 2.15 bits per heavy atom. The molecule has 1 amide bonds. The first-order valence-electron chi connectivity index (χ1n) is 5.73. The van der Waals surface area contributed by atoms with E-state index in [1.54, 1.807) is 17.5 Å². The maximum absolute atomic E-state index is 12.0. The zero-order valence-electron chi connectivity index (χ0n) is 10.6. The van der Waals surface area contributed by atoms with Gasteiger partial charge in [0.1, 0.15) is 5.75 Å². The van der Waals surface area contributed by atoms with Crippen molar-refractivity contribution in [1.82, 2.24) is 4.98 Å². The minimum Gasteiger partial charge on any atom is -0.507 e. The van der Waals surface area contributed by atoms with Crippen LogP contribution in [0.5, 0.6) is 5.75 Å². The Kier molecular flexibility index (Phi) is 3.99. The minimum atomic E-state index is -0.982.